The summed E-state index contributed by atoms with van der Waals surface area (Å²) in [5.41, 5.74) is 4.17. The molecule has 1 aliphatic carbocycles. The van der Waals surface area contributed by atoms with Crippen LogP contribution in [0.5, 0.6) is 5.75 Å². The zero-order valence-corrected chi connectivity index (χ0v) is 13.2. The second-order valence-corrected chi connectivity index (χ2v) is 6.60. The lowest BCUT2D eigenvalue weighted by Crippen LogP contribution is -2.48. The predicted molar refractivity (Wildman–Crippen MR) is 83.3 cm³/mol. The van der Waals surface area contributed by atoms with Crippen LogP contribution in [0.4, 0.5) is 0 Å². The Hall–Kier alpha value is -0.810. The highest BCUT2D eigenvalue weighted by Crippen LogP contribution is 2.48. The van der Waals surface area contributed by atoms with E-state index in [1.54, 1.807) is 7.11 Å². The maximum atomic E-state index is 6.05. The molecular weight excluding hydrogens is 288 g/mol. The van der Waals surface area contributed by atoms with Crippen molar-refractivity contribution in [3.63, 3.8) is 0 Å². The van der Waals surface area contributed by atoms with Crippen molar-refractivity contribution in [1.82, 2.24) is 5.43 Å². The van der Waals surface area contributed by atoms with Gasteiger partial charge >= 0.3 is 0 Å². The van der Waals surface area contributed by atoms with Gasteiger partial charge in [0.1, 0.15) is 5.75 Å². The van der Waals surface area contributed by atoms with Crippen LogP contribution in [0.2, 0.25) is 5.02 Å². The average Bonchev–Trinajstić information content (AvgIpc) is 2.48. The lowest BCUT2D eigenvalue weighted by Gasteiger charge is -2.48. The third-order valence-corrected chi connectivity index (χ3v) is 5.21. The van der Waals surface area contributed by atoms with Crippen LogP contribution in [0.15, 0.2) is 18.2 Å². The van der Waals surface area contributed by atoms with Crippen LogP contribution >= 0.6 is 11.6 Å². The van der Waals surface area contributed by atoms with E-state index in [9.17, 15) is 0 Å². The first-order valence-electron chi connectivity index (χ1n) is 7.61. The summed E-state index contributed by atoms with van der Waals surface area (Å²) < 4.78 is 11.5. The van der Waals surface area contributed by atoms with Gasteiger partial charge < -0.3 is 9.47 Å². The van der Waals surface area contributed by atoms with Crippen molar-refractivity contribution in [2.24, 2.45) is 11.8 Å². The highest BCUT2D eigenvalue weighted by Gasteiger charge is 2.44. The molecule has 2 fully saturated rings. The molecule has 21 heavy (non-hydrogen) atoms. The van der Waals surface area contributed by atoms with Gasteiger partial charge in [-0.05, 0) is 50.2 Å². The van der Waals surface area contributed by atoms with Gasteiger partial charge in [-0.25, -0.2) is 0 Å². The quantitative estimate of drug-likeness (QED) is 0.662. The SMILES string of the molecule is COc1cc(Cl)ccc1C(NN)C1CCOC2(CCC2)C1. The number of hydrogen-bond donors (Lipinski definition) is 2. The molecule has 3 rings (SSSR count). The largest absolute Gasteiger partial charge is 0.496 e. The minimum atomic E-state index is 0.0681. The van der Waals surface area contributed by atoms with Crippen molar-refractivity contribution in [2.45, 2.75) is 43.7 Å². The Morgan fingerprint density at radius 1 is 1.48 bits per heavy atom. The molecule has 2 aliphatic rings. The molecular formula is C16H23ClN2O2. The summed E-state index contributed by atoms with van der Waals surface area (Å²) in [4.78, 5) is 0. The first kappa shape index (κ1) is 15.1. The maximum absolute atomic E-state index is 6.05. The molecule has 116 valence electrons. The van der Waals surface area contributed by atoms with Crippen LogP contribution in [0.1, 0.15) is 43.7 Å². The van der Waals surface area contributed by atoms with Gasteiger partial charge in [-0.2, -0.15) is 0 Å². The summed E-state index contributed by atoms with van der Waals surface area (Å²) in [6.45, 7) is 0.818. The number of hydrogen-bond acceptors (Lipinski definition) is 4. The van der Waals surface area contributed by atoms with E-state index in [1.165, 1.54) is 19.3 Å². The molecule has 0 amide bonds. The molecule has 1 saturated carbocycles. The molecule has 0 bridgehead atoms. The maximum Gasteiger partial charge on any atom is 0.125 e. The fourth-order valence-electron chi connectivity index (χ4n) is 3.69. The normalized spacial score (nSPS) is 25.4. The number of halogens is 1. The van der Waals surface area contributed by atoms with E-state index in [4.69, 9.17) is 26.9 Å². The summed E-state index contributed by atoms with van der Waals surface area (Å²) in [6.07, 6.45) is 5.71. The molecule has 5 heteroatoms. The van der Waals surface area contributed by atoms with Gasteiger partial charge in [0.2, 0.25) is 0 Å². The van der Waals surface area contributed by atoms with Gasteiger partial charge in [-0.1, -0.05) is 17.7 Å². The van der Waals surface area contributed by atoms with Gasteiger partial charge in [0.15, 0.2) is 0 Å². The standard InChI is InChI=1S/C16H23ClN2O2/c1-20-14-9-12(17)3-4-13(14)15(19-18)11-5-8-21-16(10-11)6-2-7-16/h3-4,9,11,15,19H,2,5-8,10,18H2,1H3. The van der Waals surface area contributed by atoms with Crippen molar-refractivity contribution in [3.8, 4) is 5.75 Å². The average molecular weight is 311 g/mol. The number of methoxy groups -OCH3 is 1. The Morgan fingerprint density at radius 2 is 2.29 bits per heavy atom. The molecule has 1 aromatic carbocycles. The molecule has 4 nitrogen and oxygen atoms in total. The molecule has 3 N–H and O–H groups in total. The van der Waals surface area contributed by atoms with Crippen molar-refractivity contribution < 1.29 is 9.47 Å². The Bertz CT molecular complexity index is 505. The summed E-state index contributed by atoms with van der Waals surface area (Å²) in [6, 6.07) is 5.81. The van der Waals surface area contributed by atoms with Crippen LogP contribution in [0.25, 0.3) is 0 Å². The summed E-state index contributed by atoms with van der Waals surface area (Å²) in [5, 5.41) is 0.675. The van der Waals surface area contributed by atoms with Gasteiger partial charge in [-0.15, -0.1) is 0 Å². The van der Waals surface area contributed by atoms with E-state index in [-0.39, 0.29) is 11.6 Å². The molecule has 1 aromatic rings. The molecule has 2 atom stereocenters. The number of rotatable bonds is 4. The molecule has 0 radical (unpaired) electrons. The summed E-state index contributed by atoms with van der Waals surface area (Å²) in [5.74, 6) is 7.11. The second-order valence-electron chi connectivity index (χ2n) is 6.17. The van der Waals surface area contributed by atoms with Crippen LogP contribution in [0.3, 0.4) is 0 Å². The topological polar surface area (TPSA) is 56.5 Å². The number of ether oxygens (including phenoxy) is 2. The monoisotopic (exact) mass is 310 g/mol. The second kappa shape index (κ2) is 6.13. The van der Waals surface area contributed by atoms with Crippen LogP contribution in [-0.2, 0) is 4.74 Å². The van der Waals surface area contributed by atoms with Crippen molar-refractivity contribution in [3.05, 3.63) is 28.8 Å². The lowest BCUT2D eigenvalue weighted by atomic mass is 9.69. The van der Waals surface area contributed by atoms with Crippen LogP contribution < -0.4 is 16.0 Å². The Morgan fingerprint density at radius 3 is 2.90 bits per heavy atom. The fraction of sp³-hybridized carbons (Fsp3) is 0.625. The van der Waals surface area contributed by atoms with Crippen molar-refractivity contribution in [2.75, 3.05) is 13.7 Å². The molecule has 2 unspecified atom stereocenters. The van der Waals surface area contributed by atoms with E-state index in [1.807, 2.05) is 18.2 Å². The molecule has 1 aliphatic heterocycles. The molecule has 1 heterocycles. The Balaban J connectivity index is 1.84. The number of benzene rings is 1. The fourth-order valence-corrected chi connectivity index (χ4v) is 3.85. The summed E-state index contributed by atoms with van der Waals surface area (Å²) in [7, 11) is 1.67. The molecule has 0 aromatic heterocycles. The lowest BCUT2D eigenvalue weighted by molar-refractivity contribution is -0.147. The first-order valence-corrected chi connectivity index (χ1v) is 7.99. The highest BCUT2D eigenvalue weighted by molar-refractivity contribution is 6.30. The predicted octanol–water partition coefficient (Wildman–Crippen LogP) is 3.20. The third-order valence-electron chi connectivity index (χ3n) is 4.98. The first-order chi connectivity index (χ1) is 10.2. The summed E-state index contributed by atoms with van der Waals surface area (Å²) >= 11 is 6.05. The van der Waals surface area contributed by atoms with Crippen molar-refractivity contribution in [1.29, 1.82) is 0 Å². The van der Waals surface area contributed by atoms with Gasteiger partial charge in [-0.3, -0.25) is 11.3 Å². The van der Waals surface area contributed by atoms with Crippen LogP contribution in [-0.4, -0.2) is 19.3 Å². The molecule has 1 spiro atoms. The molecule has 1 saturated heterocycles. The van der Waals surface area contributed by atoms with E-state index in [0.29, 0.717) is 10.9 Å². The Labute approximate surface area is 130 Å². The van der Waals surface area contributed by atoms with E-state index >= 15 is 0 Å². The van der Waals surface area contributed by atoms with Gasteiger partial charge in [0, 0.05) is 17.2 Å². The smallest absolute Gasteiger partial charge is 0.125 e. The van der Waals surface area contributed by atoms with Crippen molar-refractivity contribution >= 4 is 11.6 Å². The zero-order chi connectivity index (χ0) is 14.9. The minimum absolute atomic E-state index is 0.0681. The Kier molecular flexibility index (Phi) is 4.41. The van der Waals surface area contributed by atoms with Gasteiger partial charge in [0.05, 0.1) is 18.8 Å². The number of nitrogens with two attached hydrogens (primary N) is 1. The minimum Gasteiger partial charge on any atom is -0.496 e. The van der Waals surface area contributed by atoms with E-state index in [0.717, 1.165) is 30.8 Å². The number of hydrazine groups is 1. The number of nitrogens with one attached hydrogen (secondary N) is 1. The van der Waals surface area contributed by atoms with Crippen LogP contribution in [0, 0.1) is 5.92 Å². The zero-order valence-electron chi connectivity index (χ0n) is 12.4. The van der Waals surface area contributed by atoms with E-state index < -0.39 is 0 Å². The van der Waals surface area contributed by atoms with Gasteiger partial charge in [0.25, 0.3) is 0 Å². The van der Waals surface area contributed by atoms with E-state index in [2.05, 4.69) is 5.43 Å². The third kappa shape index (κ3) is 2.90. The highest BCUT2D eigenvalue weighted by atomic mass is 35.5.